The van der Waals surface area contributed by atoms with Gasteiger partial charge in [0.15, 0.2) is 37.2 Å². The average Bonchev–Trinajstić information content (AvgIpc) is 1.65. The number of fused-ring (bicyclic) bond motifs is 7. The highest BCUT2D eigenvalue weighted by Crippen LogP contribution is 2.71. The number of ether oxygens (including phenoxy) is 12. The molecule has 4 saturated carbocycles. The zero-order chi connectivity index (χ0) is 60.9. The van der Waals surface area contributed by atoms with E-state index in [1.165, 1.54) is 0 Å². The monoisotopic (exact) mass is 1220 g/mol. The number of aliphatic hydroxyl groups excluding tert-OH is 16. The van der Waals surface area contributed by atoms with E-state index in [1.54, 1.807) is 0 Å². The van der Waals surface area contributed by atoms with Crippen molar-refractivity contribution in [2.24, 2.45) is 46.3 Å². The minimum absolute atomic E-state index is 0.0337. The van der Waals surface area contributed by atoms with E-state index in [1.807, 2.05) is 0 Å². The Morgan fingerprint density at radius 2 is 0.929 bits per heavy atom. The van der Waals surface area contributed by atoms with Crippen molar-refractivity contribution in [1.29, 1.82) is 0 Å². The second kappa shape index (κ2) is 25.6. The maximum Gasteiger partial charge on any atom is 0.187 e. The number of aliphatic hydroxyl groups is 16. The third-order valence-corrected chi connectivity index (χ3v) is 22.3. The largest absolute Gasteiger partial charge is 0.394 e. The third kappa shape index (κ3) is 11.4. The molecule has 11 aliphatic rings. The van der Waals surface area contributed by atoms with Gasteiger partial charge in [-0.15, -0.1) is 0 Å². The fourth-order valence-electron chi connectivity index (χ4n) is 17.5. The van der Waals surface area contributed by atoms with Crippen molar-refractivity contribution in [3.8, 4) is 0 Å². The topological polar surface area (TPSA) is 434 Å². The summed E-state index contributed by atoms with van der Waals surface area (Å²) in [6.07, 6.45) is -37.7. The number of rotatable bonds is 15. The zero-order valence-corrected chi connectivity index (χ0v) is 48.1. The minimum Gasteiger partial charge on any atom is -0.394 e. The van der Waals surface area contributed by atoms with Crippen LogP contribution in [0.2, 0.25) is 0 Å². The summed E-state index contributed by atoms with van der Waals surface area (Å²) in [5.41, 5.74) is 1.29. The Balaban J connectivity index is 0.774. The average molecular weight is 1230 g/mol. The summed E-state index contributed by atoms with van der Waals surface area (Å²) >= 11 is 0. The van der Waals surface area contributed by atoms with Crippen LogP contribution in [-0.4, -0.2) is 293 Å². The lowest BCUT2D eigenvalue weighted by atomic mass is 9.44. The molecule has 0 bridgehead atoms. The van der Waals surface area contributed by atoms with E-state index in [0.29, 0.717) is 49.0 Å². The highest BCUT2D eigenvalue weighted by Gasteiger charge is 2.70. The van der Waals surface area contributed by atoms with Crippen LogP contribution in [0.25, 0.3) is 0 Å². The molecule has 7 saturated heterocycles. The van der Waals surface area contributed by atoms with Crippen molar-refractivity contribution in [2.45, 2.75) is 257 Å². The van der Waals surface area contributed by atoms with E-state index in [2.05, 4.69) is 27.4 Å². The molecule has 1 spiro atoms. The van der Waals surface area contributed by atoms with Gasteiger partial charge >= 0.3 is 0 Å². The van der Waals surface area contributed by atoms with Crippen molar-refractivity contribution in [3.05, 3.63) is 12.2 Å². The van der Waals surface area contributed by atoms with Gasteiger partial charge in [-0.1, -0.05) is 32.9 Å². The molecule has 28 heteroatoms. The van der Waals surface area contributed by atoms with Crippen LogP contribution in [0.5, 0.6) is 0 Å². The highest BCUT2D eigenvalue weighted by atomic mass is 16.8. The zero-order valence-electron chi connectivity index (χ0n) is 48.1. The van der Waals surface area contributed by atoms with Gasteiger partial charge < -0.3 is 139 Å². The molecule has 488 valence electrons. The number of hydrogen-bond acceptors (Lipinski definition) is 28. The predicted molar refractivity (Wildman–Crippen MR) is 281 cm³/mol. The molecule has 7 aliphatic heterocycles. The van der Waals surface area contributed by atoms with E-state index in [0.717, 1.165) is 56.9 Å². The summed E-state index contributed by atoms with van der Waals surface area (Å²) in [5, 5.41) is 174. The molecule has 0 aromatic carbocycles. The summed E-state index contributed by atoms with van der Waals surface area (Å²) in [6, 6.07) is 0. The SMILES string of the molecule is C=C1CCC2(OC1)OC1CC3C4CCC5CC(OC6OC(CO)C(OC7OC(CO)C(O)C(OC8OC(CO)C(OC9OC(CO)C(O)C(O)C9O)C(O)C8O)C7OC7OC(CO)C(O)C(O)C7O)C(O)C6O)CCC5(C)C4CCC3(C)C1C2C. The fourth-order valence-corrected chi connectivity index (χ4v) is 17.5. The Morgan fingerprint density at radius 3 is 1.47 bits per heavy atom. The summed E-state index contributed by atoms with van der Waals surface area (Å²) in [6.45, 7) is 7.39. The molecular formula is C57H92O28. The molecule has 28 nitrogen and oxygen atoms in total. The van der Waals surface area contributed by atoms with Crippen LogP contribution in [-0.2, 0) is 56.8 Å². The van der Waals surface area contributed by atoms with E-state index in [9.17, 15) is 81.7 Å². The van der Waals surface area contributed by atoms with Gasteiger partial charge in [0.2, 0.25) is 0 Å². The predicted octanol–water partition coefficient (Wildman–Crippen LogP) is -5.17. The van der Waals surface area contributed by atoms with Crippen LogP contribution in [0, 0.1) is 46.3 Å². The highest BCUT2D eigenvalue weighted by molar-refractivity contribution is 5.17. The van der Waals surface area contributed by atoms with Crippen LogP contribution in [0.1, 0.15) is 85.0 Å². The standard InChI is InChI=1S/C57H92O28/c1-21-7-12-57(74-20-21)22(2)34-28(85-57)14-27-25-6-5-23-13-24(8-10-55(23,3)26(25)9-11-56(27,34)4)75-50-44(72)40(68)47(33(19-62)79-50)82-54-49(84-52-43(71)39(67)36(64)30(16-59)77-52)48(37(65)31(17-60)78-54)83-53-45(73)41(69)46(32(18-61)80-53)81-51-42(70)38(66)35(63)29(15-58)76-51/h22-54,58-73H,1,5-20H2,2-4H3. The van der Waals surface area contributed by atoms with Gasteiger partial charge in [0.25, 0.3) is 0 Å². The van der Waals surface area contributed by atoms with Crippen LogP contribution < -0.4 is 0 Å². The molecule has 0 aromatic heterocycles. The fraction of sp³-hybridized carbons (Fsp3) is 0.965. The molecule has 11 fully saturated rings. The number of hydrogen-bond donors (Lipinski definition) is 16. The smallest absolute Gasteiger partial charge is 0.187 e. The Morgan fingerprint density at radius 1 is 0.459 bits per heavy atom. The van der Waals surface area contributed by atoms with Crippen molar-refractivity contribution < 1.29 is 139 Å². The van der Waals surface area contributed by atoms with Crippen molar-refractivity contribution in [3.63, 3.8) is 0 Å². The second-order valence-corrected chi connectivity index (χ2v) is 26.7. The molecule has 16 N–H and O–H groups in total. The Bertz CT molecular complexity index is 2240. The maximum atomic E-state index is 12.0. The first-order valence-corrected chi connectivity index (χ1v) is 30.5. The first-order chi connectivity index (χ1) is 40.4. The molecule has 0 amide bonds. The van der Waals surface area contributed by atoms with E-state index >= 15 is 0 Å². The Kier molecular flexibility index (Phi) is 19.6. The van der Waals surface area contributed by atoms with E-state index in [-0.39, 0.29) is 22.9 Å². The van der Waals surface area contributed by atoms with E-state index in [4.69, 9.17) is 56.8 Å². The first-order valence-electron chi connectivity index (χ1n) is 30.5. The van der Waals surface area contributed by atoms with Crippen molar-refractivity contribution in [2.75, 3.05) is 39.6 Å². The molecule has 36 unspecified atom stereocenters. The van der Waals surface area contributed by atoms with Gasteiger partial charge in [0.05, 0.1) is 51.8 Å². The van der Waals surface area contributed by atoms with Gasteiger partial charge in [-0.25, -0.2) is 0 Å². The summed E-state index contributed by atoms with van der Waals surface area (Å²) < 4.78 is 73.2. The normalized spacial score (nSPS) is 56.3. The molecule has 36 atom stereocenters. The molecule has 11 rings (SSSR count). The Labute approximate surface area is 491 Å². The lowest BCUT2D eigenvalue weighted by Crippen LogP contribution is -2.69. The van der Waals surface area contributed by atoms with Gasteiger partial charge in [-0.2, -0.15) is 0 Å². The van der Waals surface area contributed by atoms with Crippen molar-refractivity contribution in [1.82, 2.24) is 0 Å². The quantitative estimate of drug-likeness (QED) is 0.0538. The molecule has 85 heavy (non-hydrogen) atoms. The third-order valence-electron chi connectivity index (χ3n) is 22.3. The molecule has 0 aromatic rings. The van der Waals surface area contributed by atoms with Crippen LogP contribution >= 0.6 is 0 Å². The minimum atomic E-state index is -2.21. The first kappa shape index (κ1) is 65.1. The van der Waals surface area contributed by atoms with Crippen LogP contribution in [0.3, 0.4) is 0 Å². The molecular weight excluding hydrogens is 1130 g/mol. The second-order valence-electron chi connectivity index (χ2n) is 26.7. The summed E-state index contributed by atoms with van der Waals surface area (Å²) in [5.74, 6) is 2.07. The van der Waals surface area contributed by atoms with E-state index < -0.39 is 198 Å². The van der Waals surface area contributed by atoms with Crippen molar-refractivity contribution >= 4 is 0 Å². The molecule has 4 aliphatic carbocycles. The van der Waals surface area contributed by atoms with Crippen LogP contribution in [0.15, 0.2) is 12.2 Å². The molecule has 0 radical (unpaired) electrons. The van der Waals surface area contributed by atoms with Gasteiger partial charge in [0.1, 0.15) is 122 Å². The summed E-state index contributed by atoms with van der Waals surface area (Å²) in [7, 11) is 0. The Hall–Kier alpha value is -1.38. The maximum absolute atomic E-state index is 12.0. The van der Waals surface area contributed by atoms with Gasteiger partial charge in [-0.3, -0.25) is 0 Å². The van der Waals surface area contributed by atoms with Gasteiger partial charge in [0, 0.05) is 12.3 Å². The lowest BCUT2D eigenvalue weighted by Gasteiger charge is -2.61. The molecule has 7 heterocycles. The van der Waals surface area contributed by atoms with Crippen LogP contribution in [0.4, 0.5) is 0 Å². The summed E-state index contributed by atoms with van der Waals surface area (Å²) in [4.78, 5) is 0. The van der Waals surface area contributed by atoms with Gasteiger partial charge in [-0.05, 0) is 98.2 Å². The lowest BCUT2D eigenvalue weighted by molar-refractivity contribution is -0.410.